The number of pyridine rings is 1. The number of hydrogen-bond acceptors (Lipinski definition) is 13. The summed E-state index contributed by atoms with van der Waals surface area (Å²) in [4.78, 5) is 40.2. The van der Waals surface area contributed by atoms with Crippen molar-refractivity contribution in [1.82, 2.24) is 30.2 Å². The van der Waals surface area contributed by atoms with Crippen molar-refractivity contribution in [1.29, 1.82) is 0 Å². The zero-order chi connectivity index (χ0) is 27.9. The van der Waals surface area contributed by atoms with Crippen LogP contribution in [0.25, 0.3) is 21.6 Å². The van der Waals surface area contributed by atoms with Gasteiger partial charge in [0.1, 0.15) is 6.61 Å². The maximum Gasteiger partial charge on any atom is 0.341 e. The second-order valence-corrected chi connectivity index (χ2v) is 10.2. The first-order chi connectivity index (χ1) is 19.6. The number of rotatable bonds is 11. The molecule has 1 saturated heterocycles. The molecule has 0 spiro atoms. The van der Waals surface area contributed by atoms with Crippen LogP contribution in [0.5, 0.6) is 5.88 Å². The van der Waals surface area contributed by atoms with Gasteiger partial charge in [0.25, 0.3) is 0 Å². The number of aromatic nitrogens is 5. The summed E-state index contributed by atoms with van der Waals surface area (Å²) in [6.45, 7) is 6.74. The minimum atomic E-state index is -0.433. The van der Waals surface area contributed by atoms with Gasteiger partial charge in [0.05, 0.1) is 42.1 Å². The summed E-state index contributed by atoms with van der Waals surface area (Å²) < 4.78 is 17.3. The summed E-state index contributed by atoms with van der Waals surface area (Å²) >= 11 is 1.65. The highest BCUT2D eigenvalue weighted by Crippen LogP contribution is 2.35. The van der Waals surface area contributed by atoms with Crippen LogP contribution in [0, 0.1) is 0 Å². The van der Waals surface area contributed by atoms with Crippen molar-refractivity contribution in [3.8, 4) is 17.3 Å². The topological polar surface area (TPSA) is 128 Å². The van der Waals surface area contributed by atoms with Crippen molar-refractivity contribution in [3.05, 3.63) is 47.2 Å². The molecule has 1 aliphatic heterocycles. The number of nitrogens with zero attached hydrogens (tertiary/aromatic N) is 7. The van der Waals surface area contributed by atoms with Crippen molar-refractivity contribution in [3.63, 3.8) is 0 Å². The van der Waals surface area contributed by atoms with Crippen LogP contribution < -0.4 is 19.9 Å². The Morgan fingerprint density at radius 2 is 1.95 bits per heavy atom. The number of nitrogens with one attached hydrogen (secondary N) is 1. The third-order valence-corrected chi connectivity index (χ3v) is 7.30. The lowest BCUT2D eigenvalue weighted by molar-refractivity contribution is 0.0525. The van der Waals surface area contributed by atoms with Crippen molar-refractivity contribution < 1.29 is 19.0 Å². The smallest absolute Gasteiger partial charge is 0.341 e. The molecule has 1 aliphatic rings. The SMILES string of the molecule is CCOC(=O)c1cnc(N(C)Cc2cc3nc(-c4ccc(OCCNC)nc4)nc(N4CCOCC4)c3s2)nc1. The molecule has 0 saturated carbocycles. The maximum atomic E-state index is 11.9. The van der Waals surface area contributed by atoms with Gasteiger partial charge < -0.3 is 29.3 Å². The standard InChI is InChI=1S/C27H32N8O4S/c1-4-38-26(36)19-15-30-27(31-16-19)34(3)17-20-13-21-23(40-20)25(35-8-11-37-12-9-35)33-24(32-21)18-5-6-22(29-14-18)39-10-7-28-2/h5-6,13-16,28H,4,7-12,17H2,1-3H3. The molecule has 0 radical (unpaired) electrons. The summed E-state index contributed by atoms with van der Waals surface area (Å²) in [5, 5.41) is 3.05. The summed E-state index contributed by atoms with van der Waals surface area (Å²) in [6, 6.07) is 5.86. The van der Waals surface area contributed by atoms with Crippen LogP contribution in [0.3, 0.4) is 0 Å². The molecule has 13 heteroatoms. The molecule has 1 N–H and O–H groups in total. The highest BCUT2D eigenvalue weighted by molar-refractivity contribution is 7.19. The first kappa shape index (κ1) is 27.6. The average molecular weight is 565 g/mol. The number of carbonyl (C=O) groups is 1. The van der Waals surface area contributed by atoms with E-state index < -0.39 is 5.97 Å². The van der Waals surface area contributed by atoms with Crippen LogP contribution >= 0.6 is 11.3 Å². The molecule has 0 aliphatic carbocycles. The number of fused-ring (bicyclic) bond motifs is 1. The predicted molar refractivity (Wildman–Crippen MR) is 153 cm³/mol. The summed E-state index contributed by atoms with van der Waals surface area (Å²) in [5.74, 6) is 2.14. The lowest BCUT2D eigenvalue weighted by Gasteiger charge is -2.28. The van der Waals surface area contributed by atoms with Crippen LogP contribution in [0.1, 0.15) is 22.2 Å². The van der Waals surface area contributed by atoms with Gasteiger partial charge in [-0.2, -0.15) is 0 Å². The van der Waals surface area contributed by atoms with E-state index in [1.54, 1.807) is 24.5 Å². The molecule has 5 heterocycles. The molecule has 0 aromatic carbocycles. The number of esters is 1. The van der Waals surface area contributed by atoms with E-state index in [4.69, 9.17) is 24.2 Å². The van der Waals surface area contributed by atoms with E-state index in [1.807, 2.05) is 31.1 Å². The number of carbonyl (C=O) groups excluding carboxylic acids is 1. The van der Waals surface area contributed by atoms with Gasteiger partial charge in [0.2, 0.25) is 11.8 Å². The Kier molecular flexibility index (Phi) is 8.94. The summed E-state index contributed by atoms with van der Waals surface area (Å²) in [7, 11) is 3.79. The molecule has 0 unspecified atom stereocenters. The van der Waals surface area contributed by atoms with Gasteiger partial charge in [-0.05, 0) is 26.1 Å². The van der Waals surface area contributed by atoms with Crippen LogP contribution in [-0.4, -0.2) is 91.0 Å². The van der Waals surface area contributed by atoms with Crippen molar-refractivity contribution >= 4 is 39.3 Å². The molecular formula is C27H32N8O4S. The van der Waals surface area contributed by atoms with Gasteiger partial charge in [-0.25, -0.2) is 29.7 Å². The number of morpholine rings is 1. The van der Waals surface area contributed by atoms with Crippen LogP contribution in [0.2, 0.25) is 0 Å². The van der Waals surface area contributed by atoms with Gasteiger partial charge in [0.15, 0.2) is 11.6 Å². The molecule has 40 heavy (non-hydrogen) atoms. The largest absolute Gasteiger partial charge is 0.476 e. The molecule has 5 rings (SSSR count). The number of anilines is 2. The Hall–Kier alpha value is -3.94. The molecule has 4 aromatic heterocycles. The zero-order valence-corrected chi connectivity index (χ0v) is 23.6. The van der Waals surface area contributed by atoms with Gasteiger partial charge in [-0.15, -0.1) is 11.3 Å². The Balaban J connectivity index is 1.41. The molecule has 0 bridgehead atoms. The molecule has 1 fully saturated rings. The van der Waals surface area contributed by atoms with Crippen LogP contribution in [0.15, 0.2) is 36.8 Å². The highest BCUT2D eigenvalue weighted by atomic mass is 32.1. The predicted octanol–water partition coefficient (Wildman–Crippen LogP) is 2.79. The van der Waals surface area contributed by atoms with E-state index in [1.165, 1.54) is 12.4 Å². The third-order valence-electron chi connectivity index (χ3n) is 6.20. The molecule has 0 atom stereocenters. The lowest BCUT2D eigenvalue weighted by atomic mass is 10.2. The van der Waals surface area contributed by atoms with Gasteiger partial charge in [-0.1, -0.05) is 0 Å². The van der Waals surface area contributed by atoms with Crippen LogP contribution in [0.4, 0.5) is 11.8 Å². The fourth-order valence-electron chi connectivity index (χ4n) is 4.16. The molecule has 210 valence electrons. The Morgan fingerprint density at radius 3 is 2.65 bits per heavy atom. The van der Waals surface area contributed by atoms with Crippen molar-refractivity contribution in [2.45, 2.75) is 13.5 Å². The van der Waals surface area contributed by atoms with Crippen molar-refractivity contribution in [2.75, 3.05) is 70.0 Å². The zero-order valence-electron chi connectivity index (χ0n) is 22.8. The first-order valence-corrected chi connectivity index (χ1v) is 13.9. The van der Waals surface area contributed by atoms with E-state index in [9.17, 15) is 4.79 Å². The van der Waals surface area contributed by atoms with E-state index in [-0.39, 0.29) is 0 Å². The first-order valence-electron chi connectivity index (χ1n) is 13.1. The minimum absolute atomic E-state index is 0.302. The normalized spacial score (nSPS) is 13.4. The molecule has 0 amide bonds. The Morgan fingerprint density at radius 1 is 1.15 bits per heavy atom. The van der Waals surface area contributed by atoms with Gasteiger partial charge in [0, 0.05) is 61.8 Å². The summed E-state index contributed by atoms with van der Waals surface area (Å²) in [5.41, 5.74) is 2.01. The fraction of sp³-hybridized carbons (Fsp3) is 0.407. The van der Waals surface area contributed by atoms with E-state index in [0.29, 0.717) is 56.2 Å². The molecule has 12 nitrogen and oxygen atoms in total. The van der Waals surface area contributed by atoms with Crippen LogP contribution in [-0.2, 0) is 16.0 Å². The van der Waals surface area contributed by atoms with Crippen molar-refractivity contribution in [2.24, 2.45) is 0 Å². The average Bonchev–Trinajstić information content (AvgIpc) is 3.40. The monoisotopic (exact) mass is 564 g/mol. The number of thiophene rings is 1. The highest BCUT2D eigenvalue weighted by Gasteiger charge is 2.21. The third kappa shape index (κ3) is 6.43. The fourth-order valence-corrected chi connectivity index (χ4v) is 5.33. The van der Waals surface area contributed by atoms with E-state index in [0.717, 1.165) is 46.1 Å². The number of ether oxygens (including phenoxy) is 3. The quantitative estimate of drug-likeness (QED) is 0.212. The Labute approximate surface area is 236 Å². The van der Waals surface area contributed by atoms with Gasteiger partial charge in [-0.3, -0.25) is 0 Å². The van der Waals surface area contributed by atoms with E-state index >= 15 is 0 Å². The second-order valence-electron chi connectivity index (χ2n) is 9.08. The molecular weight excluding hydrogens is 532 g/mol. The molecule has 4 aromatic rings. The van der Waals surface area contributed by atoms with E-state index in [2.05, 4.69) is 31.2 Å². The van der Waals surface area contributed by atoms with Gasteiger partial charge >= 0.3 is 5.97 Å². The maximum absolute atomic E-state index is 11.9. The number of likely N-dealkylation sites (N-methyl/N-ethyl adjacent to an activating group) is 1. The Bertz CT molecular complexity index is 1430. The minimum Gasteiger partial charge on any atom is -0.476 e. The second kappa shape index (κ2) is 12.9. The number of hydrogen-bond donors (Lipinski definition) is 1. The summed E-state index contributed by atoms with van der Waals surface area (Å²) in [6.07, 6.45) is 4.72. The lowest BCUT2D eigenvalue weighted by Crippen LogP contribution is -2.36.